The zero-order valence-electron chi connectivity index (χ0n) is 40.4. The van der Waals surface area contributed by atoms with E-state index in [-0.39, 0.29) is 0 Å². The molecule has 0 atom stereocenters. The third kappa shape index (κ3) is 7.14. The van der Waals surface area contributed by atoms with E-state index in [1.807, 2.05) is 60.7 Å². The first kappa shape index (κ1) is 42.5. The van der Waals surface area contributed by atoms with Crippen molar-refractivity contribution in [1.82, 2.24) is 19.5 Å². The predicted molar refractivity (Wildman–Crippen MR) is 307 cm³/mol. The van der Waals surface area contributed by atoms with Crippen LogP contribution in [0.5, 0.6) is 0 Å². The van der Waals surface area contributed by atoms with E-state index in [0.717, 1.165) is 105 Å². The molecule has 75 heavy (non-hydrogen) atoms. The summed E-state index contributed by atoms with van der Waals surface area (Å²) in [5.74, 6) is 1.66. The monoisotopic (exact) mass is 958 g/mol. The van der Waals surface area contributed by atoms with Crippen LogP contribution < -0.4 is 0 Å². The van der Waals surface area contributed by atoms with E-state index in [1.165, 1.54) is 21.9 Å². The molecule has 0 aliphatic heterocycles. The highest BCUT2D eigenvalue weighted by Crippen LogP contribution is 2.45. The molecule has 6 heteroatoms. The highest BCUT2D eigenvalue weighted by Gasteiger charge is 2.24. The maximum Gasteiger partial charge on any atom is 0.168 e. The van der Waals surface area contributed by atoms with Gasteiger partial charge < -0.3 is 13.4 Å². The number of hydrogen-bond donors (Lipinski definition) is 0. The van der Waals surface area contributed by atoms with Gasteiger partial charge in [-0.25, -0.2) is 15.0 Å². The fourth-order valence-corrected chi connectivity index (χ4v) is 11.1. The second-order valence-corrected chi connectivity index (χ2v) is 19.1. The van der Waals surface area contributed by atoms with E-state index < -0.39 is 0 Å². The van der Waals surface area contributed by atoms with Gasteiger partial charge in [0.1, 0.15) is 22.3 Å². The summed E-state index contributed by atoms with van der Waals surface area (Å²) in [6.07, 6.45) is 0. The van der Waals surface area contributed by atoms with Crippen LogP contribution in [0.25, 0.3) is 150 Å². The molecule has 0 saturated carbocycles. The standard InChI is InChI=1S/C69H42N4O2/c1-4-17-43(18-5-1)45-31-33-47(34-32-45)68-70-67(46-21-8-3-9-22-46)71-69(72-68)65-51(36-37-55-53-26-11-15-30-63(53)75-66(55)65)49-23-16-24-50(39-49)56-41-58-54-27-12-14-29-62(54)74-64(58)42-61(56)73-59-28-13-10-25-52(59)57-40-48(35-38-60(57)73)44-19-6-2-7-20-44/h1-42H. The summed E-state index contributed by atoms with van der Waals surface area (Å²) >= 11 is 0. The third-order valence-electron chi connectivity index (χ3n) is 14.7. The topological polar surface area (TPSA) is 69.9 Å². The number of para-hydroxylation sites is 3. The molecule has 11 aromatic carbocycles. The van der Waals surface area contributed by atoms with Gasteiger partial charge in [-0.3, -0.25) is 0 Å². The molecular weight excluding hydrogens is 917 g/mol. The van der Waals surface area contributed by atoms with E-state index in [9.17, 15) is 0 Å². The highest BCUT2D eigenvalue weighted by atomic mass is 16.3. The third-order valence-corrected chi connectivity index (χ3v) is 14.7. The molecule has 0 spiro atoms. The van der Waals surface area contributed by atoms with Crippen molar-refractivity contribution in [3.05, 3.63) is 255 Å². The molecule has 0 aliphatic carbocycles. The minimum absolute atomic E-state index is 0.517. The number of aromatic nitrogens is 4. The average Bonchev–Trinajstić information content (AvgIpc) is 4.21. The number of benzene rings is 11. The van der Waals surface area contributed by atoms with Crippen molar-refractivity contribution in [2.75, 3.05) is 0 Å². The number of nitrogens with zero attached hydrogens (tertiary/aromatic N) is 4. The molecule has 15 aromatic rings. The lowest BCUT2D eigenvalue weighted by Gasteiger charge is -2.17. The van der Waals surface area contributed by atoms with Gasteiger partial charge in [-0.2, -0.15) is 0 Å². The van der Waals surface area contributed by atoms with Crippen LogP contribution in [0.2, 0.25) is 0 Å². The molecule has 4 aromatic heterocycles. The van der Waals surface area contributed by atoms with Gasteiger partial charge in [0.15, 0.2) is 17.5 Å². The fourth-order valence-electron chi connectivity index (χ4n) is 11.1. The Morgan fingerprint density at radius 3 is 1.49 bits per heavy atom. The van der Waals surface area contributed by atoms with Gasteiger partial charge in [0.05, 0.1) is 22.3 Å². The number of furan rings is 2. The summed E-state index contributed by atoms with van der Waals surface area (Å²) in [5.41, 5.74) is 17.6. The molecule has 0 saturated heterocycles. The summed E-state index contributed by atoms with van der Waals surface area (Å²) in [5, 5.41) is 6.48. The molecular formula is C69H42N4O2. The minimum atomic E-state index is 0.517. The van der Waals surface area contributed by atoms with E-state index in [4.69, 9.17) is 23.8 Å². The second kappa shape index (κ2) is 17.3. The maximum atomic E-state index is 6.92. The van der Waals surface area contributed by atoms with Crippen LogP contribution in [-0.4, -0.2) is 19.5 Å². The summed E-state index contributed by atoms with van der Waals surface area (Å²) in [4.78, 5) is 15.9. The van der Waals surface area contributed by atoms with Crippen LogP contribution >= 0.6 is 0 Å². The molecule has 0 unspecified atom stereocenters. The van der Waals surface area contributed by atoms with Crippen molar-refractivity contribution in [1.29, 1.82) is 0 Å². The smallest absolute Gasteiger partial charge is 0.168 e. The van der Waals surface area contributed by atoms with E-state index in [0.29, 0.717) is 23.1 Å². The van der Waals surface area contributed by atoms with Gasteiger partial charge in [0.2, 0.25) is 0 Å². The Balaban J connectivity index is 0.963. The van der Waals surface area contributed by atoms with Crippen molar-refractivity contribution >= 4 is 65.7 Å². The lowest BCUT2D eigenvalue weighted by Crippen LogP contribution is -2.01. The van der Waals surface area contributed by atoms with Crippen molar-refractivity contribution < 1.29 is 8.83 Å². The van der Waals surface area contributed by atoms with E-state index >= 15 is 0 Å². The number of fused-ring (bicyclic) bond motifs is 9. The summed E-state index contributed by atoms with van der Waals surface area (Å²) in [7, 11) is 0. The lowest BCUT2D eigenvalue weighted by molar-refractivity contribution is 0.668. The molecule has 15 rings (SSSR count). The average molecular weight is 959 g/mol. The van der Waals surface area contributed by atoms with Crippen molar-refractivity contribution in [2.24, 2.45) is 0 Å². The number of hydrogen-bond acceptors (Lipinski definition) is 5. The van der Waals surface area contributed by atoms with Gasteiger partial charge in [-0.15, -0.1) is 0 Å². The van der Waals surface area contributed by atoms with E-state index in [2.05, 4.69) is 199 Å². The quantitative estimate of drug-likeness (QED) is 0.152. The molecule has 0 N–H and O–H groups in total. The molecule has 0 amide bonds. The van der Waals surface area contributed by atoms with Crippen LogP contribution in [-0.2, 0) is 0 Å². The minimum Gasteiger partial charge on any atom is -0.456 e. The Hall–Kier alpha value is -10.2. The second-order valence-electron chi connectivity index (χ2n) is 19.1. The van der Waals surface area contributed by atoms with Crippen LogP contribution in [0, 0.1) is 0 Å². The van der Waals surface area contributed by atoms with Crippen molar-refractivity contribution in [3.8, 4) is 84.4 Å². The fraction of sp³-hybridized carbons (Fsp3) is 0. The predicted octanol–water partition coefficient (Wildman–Crippen LogP) is 18.4. The first-order valence-corrected chi connectivity index (χ1v) is 25.2. The first-order valence-electron chi connectivity index (χ1n) is 25.2. The van der Waals surface area contributed by atoms with Gasteiger partial charge in [-0.05, 0) is 87.5 Å². The number of rotatable bonds is 8. The maximum absolute atomic E-state index is 6.92. The first-order chi connectivity index (χ1) is 37.2. The largest absolute Gasteiger partial charge is 0.456 e. The zero-order valence-corrected chi connectivity index (χ0v) is 40.4. The van der Waals surface area contributed by atoms with Crippen LogP contribution in [0.1, 0.15) is 0 Å². The molecule has 0 bridgehead atoms. The van der Waals surface area contributed by atoms with Gasteiger partial charge in [-0.1, -0.05) is 200 Å². The summed E-state index contributed by atoms with van der Waals surface area (Å²) < 4.78 is 16.0. The Morgan fingerprint density at radius 2 is 0.773 bits per heavy atom. The van der Waals surface area contributed by atoms with Crippen LogP contribution in [0.3, 0.4) is 0 Å². The van der Waals surface area contributed by atoms with Crippen LogP contribution in [0.15, 0.2) is 264 Å². The molecule has 0 radical (unpaired) electrons. The Bertz CT molecular complexity index is 4690. The van der Waals surface area contributed by atoms with Crippen LogP contribution in [0.4, 0.5) is 0 Å². The Labute approximate surface area is 431 Å². The molecule has 6 nitrogen and oxygen atoms in total. The van der Waals surface area contributed by atoms with Gasteiger partial charge in [0, 0.05) is 55.1 Å². The van der Waals surface area contributed by atoms with Crippen molar-refractivity contribution in [2.45, 2.75) is 0 Å². The zero-order chi connectivity index (χ0) is 49.4. The molecule has 4 heterocycles. The molecule has 0 aliphatic rings. The Kier molecular flexibility index (Phi) is 9.78. The normalized spacial score (nSPS) is 11.7. The highest BCUT2D eigenvalue weighted by molar-refractivity contribution is 6.14. The Morgan fingerprint density at radius 1 is 0.267 bits per heavy atom. The van der Waals surface area contributed by atoms with Gasteiger partial charge >= 0.3 is 0 Å². The molecule has 350 valence electrons. The van der Waals surface area contributed by atoms with Gasteiger partial charge in [0.25, 0.3) is 0 Å². The van der Waals surface area contributed by atoms with E-state index in [1.54, 1.807) is 0 Å². The SMILES string of the molecule is c1ccc(-c2ccc(-c3nc(-c4ccccc4)nc(-c4c(-c5cccc(-c6cc7c(cc6-n6c8ccccc8c8cc(-c9ccccc9)ccc86)oc6ccccc67)c5)ccc5c4oc4ccccc45)n3)cc2)cc1. The summed E-state index contributed by atoms with van der Waals surface area (Å²) in [6.45, 7) is 0. The lowest BCUT2D eigenvalue weighted by atomic mass is 9.92. The summed E-state index contributed by atoms with van der Waals surface area (Å²) in [6, 6.07) is 89.4. The molecule has 0 fully saturated rings. The van der Waals surface area contributed by atoms with Crippen molar-refractivity contribution in [3.63, 3.8) is 0 Å².